The first kappa shape index (κ1) is 14.5. The lowest BCUT2D eigenvalue weighted by Gasteiger charge is -2.20. The van der Waals surface area contributed by atoms with Crippen molar-refractivity contribution in [2.45, 2.75) is 39.0 Å². The summed E-state index contributed by atoms with van der Waals surface area (Å²) >= 11 is 0. The minimum Gasteiger partial charge on any atom is -0.347 e. The van der Waals surface area contributed by atoms with Gasteiger partial charge in [0.2, 0.25) is 11.8 Å². The molecule has 0 spiro atoms. The molecule has 5 nitrogen and oxygen atoms in total. The Hall–Kier alpha value is -1.91. The van der Waals surface area contributed by atoms with E-state index in [-0.39, 0.29) is 24.3 Å². The molecule has 0 radical (unpaired) electrons. The van der Waals surface area contributed by atoms with Crippen LogP contribution in [0.2, 0.25) is 0 Å². The van der Waals surface area contributed by atoms with Crippen molar-refractivity contribution in [1.29, 1.82) is 0 Å². The van der Waals surface area contributed by atoms with E-state index in [9.17, 15) is 9.59 Å². The van der Waals surface area contributed by atoms with E-state index in [2.05, 4.69) is 15.6 Å². The second-order valence-electron chi connectivity index (χ2n) is 5.32. The molecule has 0 atom stereocenters. The Balaban J connectivity index is 1.75. The SMILES string of the molecule is Cc1ccnc(NC(=O)CNC(=O)C2CCCCC2)c1. The summed E-state index contributed by atoms with van der Waals surface area (Å²) in [7, 11) is 0. The molecular weight excluding hydrogens is 254 g/mol. The van der Waals surface area contributed by atoms with Crippen molar-refractivity contribution in [2.75, 3.05) is 11.9 Å². The summed E-state index contributed by atoms with van der Waals surface area (Å²) in [5.74, 6) is 0.347. The van der Waals surface area contributed by atoms with Crippen LogP contribution in [0.5, 0.6) is 0 Å². The van der Waals surface area contributed by atoms with E-state index in [0.29, 0.717) is 5.82 Å². The first-order chi connectivity index (χ1) is 9.65. The molecule has 0 aliphatic heterocycles. The minimum atomic E-state index is -0.243. The number of hydrogen-bond acceptors (Lipinski definition) is 3. The molecule has 0 saturated heterocycles. The lowest BCUT2D eigenvalue weighted by Crippen LogP contribution is -2.37. The van der Waals surface area contributed by atoms with Crippen molar-refractivity contribution in [3.8, 4) is 0 Å². The molecule has 1 aliphatic carbocycles. The van der Waals surface area contributed by atoms with Crippen LogP contribution in [0.4, 0.5) is 5.82 Å². The van der Waals surface area contributed by atoms with Crippen LogP contribution in [0, 0.1) is 12.8 Å². The summed E-state index contributed by atoms with van der Waals surface area (Å²) in [5, 5.41) is 5.38. The van der Waals surface area contributed by atoms with Crippen molar-refractivity contribution < 1.29 is 9.59 Å². The van der Waals surface area contributed by atoms with Crippen LogP contribution >= 0.6 is 0 Å². The first-order valence-electron chi connectivity index (χ1n) is 7.15. The summed E-state index contributed by atoms with van der Waals surface area (Å²) in [6.45, 7) is 1.94. The number of aromatic nitrogens is 1. The number of nitrogens with one attached hydrogen (secondary N) is 2. The molecular formula is C15H21N3O2. The van der Waals surface area contributed by atoms with Crippen LogP contribution in [0.25, 0.3) is 0 Å². The Morgan fingerprint density at radius 2 is 2.05 bits per heavy atom. The first-order valence-corrected chi connectivity index (χ1v) is 7.15. The zero-order valence-corrected chi connectivity index (χ0v) is 11.8. The van der Waals surface area contributed by atoms with Gasteiger partial charge in [-0.15, -0.1) is 0 Å². The number of carbonyl (C=O) groups excluding carboxylic acids is 2. The maximum absolute atomic E-state index is 11.9. The Labute approximate surface area is 119 Å². The smallest absolute Gasteiger partial charge is 0.244 e. The van der Waals surface area contributed by atoms with E-state index < -0.39 is 0 Å². The van der Waals surface area contributed by atoms with Crippen LogP contribution in [0.1, 0.15) is 37.7 Å². The topological polar surface area (TPSA) is 71.1 Å². The summed E-state index contributed by atoms with van der Waals surface area (Å²) in [4.78, 5) is 27.7. The molecule has 1 aromatic heterocycles. The third kappa shape index (κ3) is 4.33. The third-order valence-corrected chi connectivity index (χ3v) is 3.58. The summed E-state index contributed by atoms with van der Waals surface area (Å²) in [6.07, 6.45) is 6.95. The summed E-state index contributed by atoms with van der Waals surface area (Å²) in [6, 6.07) is 3.65. The number of amides is 2. The number of hydrogen-bond donors (Lipinski definition) is 2. The lowest BCUT2D eigenvalue weighted by molar-refractivity contribution is -0.128. The molecule has 5 heteroatoms. The molecule has 0 aromatic carbocycles. The third-order valence-electron chi connectivity index (χ3n) is 3.58. The van der Waals surface area contributed by atoms with Crippen molar-refractivity contribution in [3.05, 3.63) is 23.9 Å². The number of rotatable bonds is 4. The van der Waals surface area contributed by atoms with Crippen molar-refractivity contribution >= 4 is 17.6 Å². The molecule has 0 unspecified atom stereocenters. The predicted octanol–water partition coefficient (Wildman–Crippen LogP) is 2.03. The highest BCUT2D eigenvalue weighted by Gasteiger charge is 2.21. The number of pyridine rings is 1. The van der Waals surface area contributed by atoms with Crippen molar-refractivity contribution in [3.63, 3.8) is 0 Å². The zero-order valence-electron chi connectivity index (χ0n) is 11.8. The number of carbonyl (C=O) groups is 2. The van der Waals surface area contributed by atoms with Crippen LogP contribution in [-0.4, -0.2) is 23.3 Å². The Morgan fingerprint density at radius 3 is 2.75 bits per heavy atom. The van der Waals surface area contributed by atoms with E-state index in [4.69, 9.17) is 0 Å². The maximum atomic E-state index is 11.9. The largest absolute Gasteiger partial charge is 0.347 e. The standard InChI is InChI=1S/C15H21N3O2/c1-11-7-8-16-13(9-11)18-14(19)10-17-15(20)12-5-3-2-4-6-12/h7-9,12H,2-6,10H2,1H3,(H,17,20)(H,16,18,19). The van der Waals surface area contributed by atoms with Gasteiger partial charge in [0.05, 0.1) is 6.54 Å². The van der Waals surface area contributed by atoms with Crippen molar-refractivity contribution in [1.82, 2.24) is 10.3 Å². The summed E-state index contributed by atoms with van der Waals surface area (Å²) in [5.41, 5.74) is 1.03. The summed E-state index contributed by atoms with van der Waals surface area (Å²) < 4.78 is 0. The molecule has 1 heterocycles. The molecule has 2 amide bonds. The molecule has 0 bridgehead atoms. The predicted molar refractivity (Wildman–Crippen MR) is 77.2 cm³/mol. The van der Waals surface area contributed by atoms with Gasteiger partial charge in [0.15, 0.2) is 0 Å². The fraction of sp³-hybridized carbons (Fsp3) is 0.533. The number of nitrogens with zero attached hydrogens (tertiary/aromatic N) is 1. The fourth-order valence-corrected chi connectivity index (χ4v) is 2.47. The van der Waals surface area contributed by atoms with E-state index in [0.717, 1.165) is 31.2 Å². The van der Waals surface area contributed by atoms with Gasteiger partial charge in [-0.2, -0.15) is 0 Å². The lowest BCUT2D eigenvalue weighted by atomic mass is 9.89. The normalized spacial score (nSPS) is 15.7. The molecule has 1 saturated carbocycles. The average Bonchev–Trinajstić information content (AvgIpc) is 2.46. The van der Waals surface area contributed by atoms with E-state index in [1.165, 1.54) is 6.42 Å². The van der Waals surface area contributed by atoms with Crippen LogP contribution < -0.4 is 10.6 Å². The van der Waals surface area contributed by atoms with Gasteiger partial charge < -0.3 is 10.6 Å². The van der Waals surface area contributed by atoms with Gasteiger partial charge in [0.25, 0.3) is 0 Å². The number of aryl methyl sites for hydroxylation is 1. The quantitative estimate of drug-likeness (QED) is 0.883. The second-order valence-corrected chi connectivity index (χ2v) is 5.32. The fourth-order valence-electron chi connectivity index (χ4n) is 2.47. The highest BCUT2D eigenvalue weighted by atomic mass is 16.2. The average molecular weight is 275 g/mol. The van der Waals surface area contributed by atoms with E-state index in [1.54, 1.807) is 12.3 Å². The van der Waals surface area contributed by atoms with Crippen LogP contribution in [0.15, 0.2) is 18.3 Å². The molecule has 1 aromatic rings. The van der Waals surface area contributed by atoms with E-state index >= 15 is 0 Å². The minimum absolute atomic E-state index is 0.00273. The highest BCUT2D eigenvalue weighted by Crippen LogP contribution is 2.23. The van der Waals surface area contributed by atoms with E-state index in [1.807, 2.05) is 13.0 Å². The Morgan fingerprint density at radius 1 is 1.30 bits per heavy atom. The van der Waals surface area contributed by atoms with Gasteiger partial charge in [-0.25, -0.2) is 4.98 Å². The van der Waals surface area contributed by atoms with Crippen LogP contribution in [0.3, 0.4) is 0 Å². The van der Waals surface area contributed by atoms with Gasteiger partial charge in [-0.1, -0.05) is 19.3 Å². The zero-order chi connectivity index (χ0) is 14.4. The van der Waals surface area contributed by atoms with Crippen LogP contribution in [-0.2, 0) is 9.59 Å². The Kier molecular flexibility index (Phi) is 5.09. The maximum Gasteiger partial charge on any atom is 0.244 e. The molecule has 2 rings (SSSR count). The van der Waals surface area contributed by atoms with Crippen molar-refractivity contribution in [2.24, 2.45) is 5.92 Å². The monoisotopic (exact) mass is 275 g/mol. The van der Waals surface area contributed by atoms with Gasteiger partial charge in [0, 0.05) is 12.1 Å². The highest BCUT2D eigenvalue weighted by molar-refractivity contribution is 5.94. The Bertz CT molecular complexity index is 482. The van der Waals surface area contributed by atoms with Gasteiger partial charge in [0.1, 0.15) is 5.82 Å². The van der Waals surface area contributed by atoms with Gasteiger partial charge in [-0.05, 0) is 37.5 Å². The number of anilines is 1. The molecule has 1 fully saturated rings. The second kappa shape index (κ2) is 7.03. The molecule has 2 N–H and O–H groups in total. The van der Waals surface area contributed by atoms with Gasteiger partial charge in [-0.3, -0.25) is 9.59 Å². The van der Waals surface area contributed by atoms with Gasteiger partial charge >= 0.3 is 0 Å². The molecule has 20 heavy (non-hydrogen) atoms. The molecule has 1 aliphatic rings. The molecule has 108 valence electrons.